The van der Waals surface area contributed by atoms with Crippen LogP contribution < -0.4 is 5.32 Å². The number of hydrogen-bond acceptors (Lipinski definition) is 3. The summed E-state index contributed by atoms with van der Waals surface area (Å²) in [6.45, 7) is 0.605. The summed E-state index contributed by atoms with van der Waals surface area (Å²) in [7, 11) is 0. The highest BCUT2D eigenvalue weighted by Crippen LogP contribution is 2.15. The maximum Gasteiger partial charge on any atom is 0.312 e. The van der Waals surface area contributed by atoms with E-state index in [2.05, 4.69) is 5.32 Å². The summed E-state index contributed by atoms with van der Waals surface area (Å²) in [5.41, 5.74) is 0.641. The van der Waals surface area contributed by atoms with Crippen LogP contribution in [0.3, 0.4) is 0 Å². The molecule has 1 aromatic carbocycles. The quantitative estimate of drug-likeness (QED) is 0.803. The minimum Gasteiger partial charge on any atom is -0.481 e. The number of amides is 2. The molecule has 0 saturated carbocycles. The van der Waals surface area contributed by atoms with Crippen molar-refractivity contribution in [2.75, 3.05) is 19.6 Å². The molecule has 0 aromatic heterocycles. The Bertz CT molecular complexity index is 530. The molecular formula is C15H18N2O4. The van der Waals surface area contributed by atoms with Gasteiger partial charge in [-0.1, -0.05) is 30.3 Å². The number of likely N-dealkylation sites (tertiary alicyclic amines) is 1. The molecule has 1 aromatic rings. The molecular weight excluding hydrogens is 272 g/mol. The number of rotatable bonds is 6. The minimum atomic E-state index is -0.987. The summed E-state index contributed by atoms with van der Waals surface area (Å²) in [6, 6.07) is 8.76. The summed E-state index contributed by atoms with van der Waals surface area (Å²) in [5, 5.41) is 11.8. The molecule has 0 bridgehead atoms. The van der Waals surface area contributed by atoms with Gasteiger partial charge in [-0.25, -0.2) is 0 Å². The lowest BCUT2D eigenvalue weighted by Crippen LogP contribution is -2.40. The molecule has 6 heteroatoms. The van der Waals surface area contributed by atoms with Gasteiger partial charge in [0.25, 0.3) is 0 Å². The maximum atomic E-state index is 11.8. The Balaban J connectivity index is 1.89. The molecule has 2 N–H and O–H groups in total. The Morgan fingerprint density at radius 3 is 2.57 bits per heavy atom. The minimum absolute atomic E-state index is 0.0000376. The van der Waals surface area contributed by atoms with Crippen molar-refractivity contribution in [3.05, 3.63) is 35.9 Å². The second-order valence-electron chi connectivity index (χ2n) is 5.02. The Morgan fingerprint density at radius 1 is 1.29 bits per heavy atom. The first-order valence-corrected chi connectivity index (χ1v) is 6.90. The highest BCUT2D eigenvalue weighted by Gasteiger charge is 2.24. The smallest absolute Gasteiger partial charge is 0.312 e. The number of hydrogen-bond donors (Lipinski definition) is 2. The molecule has 1 aliphatic heterocycles. The topological polar surface area (TPSA) is 86.7 Å². The van der Waals surface area contributed by atoms with Gasteiger partial charge in [0, 0.05) is 19.5 Å². The molecule has 1 heterocycles. The molecule has 21 heavy (non-hydrogen) atoms. The average Bonchev–Trinajstić information content (AvgIpc) is 2.85. The fraction of sp³-hybridized carbons (Fsp3) is 0.400. The monoisotopic (exact) mass is 290 g/mol. The van der Waals surface area contributed by atoms with Gasteiger partial charge in [-0.15, -0.1) is 0 Å². The SMILES string of the molecule is O=C(CN1CCCC1=O)NCC(C(=O)O)c1ccccc1. The van der Waals surface area contributed by atoms with Crippen molar-refractivity contribution < 1.29 is 19.5 Å². The lowest BCUT2D eigenvalue weighted by molar-refractivity contribution is -0.139. The normalized spacial score (nSPS) is 15.8. The Morgan fingerprint density at radius 2 is 2.00 bits per heavy atom. The molecule has 1 saturated heterocycles. The zero-order valence-electron chi connectivity index (χ0n) is 11.6. The van der Waals surface area contributed by atoms with Gasteiger partial charge >= 0.3 is 5.97 Å². The van der Waals surface area contributed by atoms with Gasteiger partial charge in [0.2, 0.25) is 11.8 Å². The van der Waals surface area contributed by atoms with Gasteiger partial charge in [-0.3, -0.25) is 14.4 Å². The lowest BCUT2D eigenvalue weighted by atomic mass is 9.99. The van der Waals surface area contributed by atoms with Gasteiger partial charge in [-0.2, -0.15) is 0 Å². The fourth-order valence-corrected chi connectivity index (χ4v) is 2.35. The maximum absolute atomic E-state index is 11.8. The van der Waals surface area contributed by atoms with Crippen LogP contribution in [0, 0.1) is 0 Å². The number of carbonyl (C=O) groups excluding carboxylic acids is 2. The van der Waals surface area contributed by atoms with Crippen LogP contribution in [0.25, 0.3) is 0 Å². The summed E-state index contributed by atoms with van der Waals surface area (Å²) >= 11 is 0. The predicted molar refractivity (Wildman–Crippen MR) is 75.6 cm³/mol. The van der Waals surface area contributed by atoms with Crippen molar-refractivity contribution >= 4 is 17.8 Å². The van der Waals surface area contributed by atoms with Crippen molar-refractivity contribution in [3.8, 4) is 0 Å². The standard InChI is InChI=1S/C15H18N2O4/c18-13(10-17-8-4-7-14(17)19)16-9-12(15(20)21)11-5-2-1-3-6-11/h1-3,5-6,12H,4,7-10H2,(H,16,18)(H,20,21). The van der Waals surface area contributed by atoms with E-state index in [1.54, 1.807) is 30.3 Å². The van der Waals surface area contributed by atoms with Crippen molar-refractivity contribution in [1.29, 1.82) is 0 Å². The summed E-state index contributed by atoms with van der Waals surface area (Å²) in [5.74, 6) is -2.13. The molecule has 1 aliphatic rings. The van der Waals surface area contributed by atoms with E-state index in [1.165, 1.54) is 4.90 Å². The number of nitrogens with one attached hydrogen (secondary N) is 1. The molecule has 6 nitrogen and oxygen atoms in total. The third-order valence-electron chi connectivity index (χ3n) is 3.51. The van der Waals surface area contributed by atoms with E-state index >= 15 is 0 Å². The lowest BCUT2D eigenvalue weighted by Gasteiger charge is -2.17. The molecule has 1 atom stereocenters. The van der Waals surface area contributed by atoms with Gasteiger partial charge in [0.15, 0.2) is 0 Å². The Labute approximate surface area is 122 Å². The van der Waals surface area contributed by atoms with Crippen LogP contribution in [-0.4, -0.2) is 47.4 Å². The van der Waals surface area contributed by atoms with Gasteiger partial charge in [0.05, 0.1) is 12.5 Å². The van der Waals surface area contributed by atoms with Crippen molar-refractivity contribution in [3.63, 3.8) is 0 Å². The summed E-state index contributed by atoms with van der Waals surface area (Å²) in [6.07, 6.45) is 1.25. The number of carboxylic acid groups (broad SMARTS) is 1. The molecule has 1 fully saturated rings. The molecule has 0 radical (unpaired) electrons. The molecule has 1 unspecified atom stereocenters. The first-order chi connectivity index (χ1) is 10.1. The molecule has 112 valence electrons. The number of benzene rings is 1. The average molecular weight is 290 g/mol. The zero-order valence-corrected chi connectivity index (χ0v) is 11.6. The second kappa shape index (κ2) is 6.88. The third-order valence-corrected chi connectivity index (χ3v) is 3.51. The molecule has 2 rings (SSSR count). The van der Waals surface area contributed by atoms with E-state index in [-0.39, 0.29) is 24.9 Å². The van der Waals surface area contributed by atoms with Crippen LogP contribution in [0.5, 0.6) is 0 Å². The van der Waals surface area contributed by atoms with Gasteiger partial charge < -0.3 is 15.3 Å². The van der Waals surface area contributed by atoms with E-state index in [0.29, 0.717) is 18.5 Å². The third kappa shape index (κ3) is 4.05. The fourth-order valence-electron chi connectivity index (χ4n) is 2.35. The Hall–Kier alpha value is -2.37. The van der Waals surface area contributed by atoms with Crippen molar-refractivity contribution in [2.24, 2.45) is 0 Å². The number of carboxylic acids is 1. The van der Waals surface area contributed by atoms with E-state index in [4.69, 9.17) is 0 Å². The number of aliphatic carboxylic acids is 1. The Kier molecular flexibility index (Phi) is 4.92. The first-order valence-electron chi connectivity index (χ1n) is 6.90. The molecule has 0 spiro atoms. The highest BCUT2D eigenvalue weighted by atomic mass is 16.4. The summed E-state index contributed by atoms with van der Waals surface area (Å²) < 4.78 is 0. The van der Waals surface area contributed by atoms with Crippen LogP contribution in [0.1, 0.15) is 24.3 Å². The van der Waals surface area contributed by atoms with Crippen LogP contribution >= 0.6 is 0 Å². The number of carbonyl (C=O) groups is 3. The van der Waals surface area contributed by atoms with E-state index < -0.39 is 11.9 Å². The van der Waals surface area contributed by atoms with Gasteiger partial charge in [0.1, 0.15) is 0 Å². The summed E-state index contributed by atoms with van der Waals surface area (Å²) in [4.78, 5) is 36.0. The van der Waals surface area contributed by atoms with Gasteiger partial charge in [-0.05, 0) is 12.0 Å². The zero-order chi connectivity index (χ0) is 15.2. The van der Waals surface area contributed by atoms with Crippen LogP contribution in [0.4, 0.5) is 0 Å². The largest absolute Gasteiger partial charge is 0.481 e. The predicted octanol–water partition coefficient (Wildman–Crippen LogP) is 0.593. The molecule has 2 amide bonds. The van der Waals surface area contributed by atoms with E-state index in [1.807, 2.05) is 0 Å². The second-order valence-corrected chi connectivity index (χ2v) is 5.02. The van der Waals surface area contributed by atoms with Crippen LogP contribution in [0.2, 0.25) is 0 Å². The molecule has 0 aliphatic carbocycles. The highest BCUT2D eigenvalue weighted by molar-refractivity contribution is 5.86. The van der Waals surface area contributed by atoms with E-state index in [0.717, 1.165) is 6.42 Å². The first kappa shape index (κ1) is 15.0. The van der Waals surface area contributed by atoms with Crippen LogP contribution in [-0.2, 0) is 14.4 Å². The van der Waals surface area contributed by atoms with Crippen molar-refractivity contribution in [1.82, 2.24) is 10.2 Å². The number of nitrogens with zero attached hydrogens (tertiary/aromatic N) is 1. The van der Waals surface area contributed by atoms with Crippen LogP contribution in [0.15, 0.2) is 30.3 Å². The van der Waals surface area contributed by atoms with Crippen molar-refractivity contribution in [2.45, 2.75) is 18.8 Å². The van der Waals surface area contributed by atoms with E-state index in [9.17, 15) is 19.5 Å².